The molecule has 0 spiro atoms. The first-order valence-electron chi connectivity index (χ1n) is 5.09. The van der Waals surface area contributed by atoms with Gasteiger partial charge < -0.3 is 15.1 Å². The van der Waals surface area contributed by atoms with Crippen LogP contribution in [0.4, 0.5) is 4.39 Å². The van der Waals surface area contributed by atoms with Gasteiger partial charge in [-0.15, -0.1) is 0 Å². The zero-order valence-electron chi connectivity index (χ0n) is 8.81. The molecule has 2 atom stereocenters. The van der Waals surface area contributed by atoms with E-state index in [9.17, 15) is 19.4 Å². The van der Waals surface area contributed by atoms with Gasteiger partial charge in [-0.25, -0.2) is 4.39 Å². The van der Waals surface area contributed by atoms with Gasteiger partial charge in [0, 0.05) is 16.7 Å². The molecule has 1 amide bonds. The fraction of sp³-hybridized carbons (Fsp3) is 0.364. The molecule has 0 bridgehead atoms. The Morgan fingerprint density at radius 3 is 2.47 bits per heavy atom. The highest BCUT2D eigenvalue weighted by Gasteiger charge is 2.33. The van der Waals surface area contributed by atoms with E-state index in [0.29, 0.717) is 9.13 Å². The molecule has 17 heavy (non-hydrogen) atoms. The lowest BCUT2D eigenvalue weighted by atomic mass is 10.2. The minimum absolute atomic E-state index is 0.105. The van der Waals surface area contributed by atoms with Crippen molar-refractivity contribution in [1.29, 1.82) is 0 Å². The smallest absolute Gasteiger partial charge is 0.255 e. The molecule has 1 aromatic rings. The van der Waals surface area contributed by atoms with Gasteiger partial charge in [-0.2, -0.15) is 0 Å². The molecule has 0 unspecified atom stereocenters. The van der Waals surface area contributed by atoms with E-state index in [1.54, 1.807) is 0 Å². The minimum atomic E-state index is -0.906. The van der Waals surface area contributed by atoms with Gasteiger partial charge in [0.15, 0.2) is 0 Å². The molecule has 0 aromatic heterocycles. The molecular formula is C11H11FINO3. The Bertz CT molecular complexity index is 444. The molecule has 1 aliphatic rings. The number of aliphatic hydroxyl groups excluding tert-OH is 2. The van der Waals surface area contributed by atoms with Crippen LogP contribution in [0.5, 0.6) is 0 Å². The van der Waals surface area contributed by atoms with Gasteiger partial charge in [0.05, 0.1) is 17.8 Å². The quantitative estimate of drug-likeness (QED) is 0.729. The van der Waals surface area contributed by atoms with Crippen LogP contribution in [0.1, 0.15) is 10.4 Å². The summed E-state index contributed by atoms with van der Waals surface area (Å²) in [6.45, 7) is 0.209. The van der Waals surface area contributed by atoms with E-state index >= 15 is 0 Å². The summed E-state index contributed by atoms with van der Waals surface area (Å²) in [5.41, 5.74) is 0.383. The second-order valence-electron chi connectivity index (χ2n) is 3.97. The number of nitrogens with zero attached hydrogens (tertiary/aromatic N) is 1. The second-order valence-corrected chi connectivity index (χ2v) is 5.13. The number of β-amino-alcohol motifs (C(OH)–C–C–N with tert-alkyl or cyclic N) is 2. The number of carbonyl (C=O) groups excluding carboxylic acids is 1. The van der Waals surface area contributed by atoms with Crippen LogP contribution in [0.15, 0.2) is 18.2 Å². The van der Waals surface area contributed by atoms with Crippen molar-refractivity contribution in [2.45, 2.75) is 12.2 Å². The molecule has 0 aliphatic carbocycles. The van der Waals surface area contributed by atoms with Crippen molar-refractivity contribution in [3.63, 3.8) is 0 Å². The van der Waals surface area contributed by atoms with Crippen molar-refractivity contribution in [2.24, 2.45) is 0 Å². The summed E-state index contributed by atoms with van der Waals surface area (Å²) in [4.78, 5) is 13.4. The predicted molar refractivity (Wildman–Crippen MR) is 67.0 cm³/mol. The molecule has 1 aromatic carbocycles. The highest BCUT2D eigenvalue weighted by molar-refractivity contribution is 14.1. The highest BCUT2D eigenvalue weighted by atomic mass is 127. The molecule has 2 N–H and O–H groups in total. The van der Waals surface area contributed by atoms with E-state index < -0.39 is 18.0 Å². The molecule has 2 rings (SSSR count). The summed E-state index contributed by atoms with van der Waals surface area (Å²) in [6.07, 6.45) is -1.81. The summed E-state index contributed by atoms with van der Waals surface area (Å²) in [6, 6.07) is 3.91. The van der Waals surface area contributed by atoms with Crippen LogP contribution in [-0.4, -0.2) is 46.3 Å². The lowest BCUT2D eigenvalue weighted by molar-refractivity contribution is 0.0572. The Hall–Kier alpha value is -0.730. The van der Waals surface area contributed by atoms with Gasteiger partial charge in [-0.1, -0.05) is 0 Å². The molecule has 1 fully saturated rings. The van der Waals surface area contributed by atoms with E-state index in [4.69, 9.17) is 0 Å². The minimum Gasteiger partial charge on any atom is -0.388 e. The van der Waals surface area contributed by atoms with E-state index in [1.165, 1.54) is 23.1 Å². The zero-order chi connectivity index (χ0) is 12.6. The SMILES string of the molecule is O=C(c1ccc(F)cc1I)N1C[C@@H](O)[C@@H](O)C1. The monoisotopic (exact) mass is 351 g/mol. The molecular weight excluding hydrogens is 340 g/mol. The molecule has 4 nitrogen and oxygen atoms in total. The maximum atomic E-state index is 12.9. The Labute approximate surface area is 111 Å². The number of hydrogen-bond acceptors (Lipinski definition) is 3. The third-order valence-corrected chi connectivity index (χ3v) is 3.60. The van der Waals surface area contributed by atoms with Crippen LogP contribution in [0, 0.1) is 9.39 Å². The highest BCUT2D eigenvalue weighted by Crippen LogP contribution is 2.19. The Balaban J connectivity index is 2.20. The fourth-order valence-corrected chi connectivity index (χ4v) is 2.48. The summed E-state index contributed by atoms with van der Waals surface area (Å²) in [5, 5.41) is 18.7. The summed E-state index contributed by atoms with van der Waals surface area (Å²) >= 11 is 1.89. The first-order chi connectivity index (χ1) is 7.99. The third-order valence-electron chi connectivity index (χ3n) is 2.71. The van der Waals surface area contributed by atoms with Crippen LogP contribution in [0.25, 0.3) is 0 Å². The van der Waals surface area contributed by atoms with Gasteiger partial charge in [-0.3, -0.25) is 4.79 Å². The summed E-state index contributed by atoms with van der Waals surface area (Å²) in [7, 11) is 0. The van der Waals surface area contributed by atoms with Gasteiger partial charge in [0.25, 0.3) is 5.91 Å². The summed E-state index contributed by atoms with van der Waals surface area (Å²) < 4.78 is 13.4. The molecule has 1 saturated heterocycles. The number of benzene rings is 1. The van der Waals surface area contributed by atoms with Crippen molar-refractivity contribution in [3.05, 3.63) is 33.1 Å². The van der Waals surface area contributed by atoms with Crippen molar-refractivity contribution < 1.29 is 19.4 Å². The molecule has 92 valence electrons. The van der Waals surface area contributed by atoms with Gasteiger partial charge in [0.2, 0.25) is 0 Å². The van der Waals surface area contributed by atoms with Gasteiger partial charge >= 0.3 is 0 Å². The lowest BCUT2D eigenvalue weighted by Crippen LogP contribution is -2.30. The fourth-order valence-electron chi connectivity index (χ4n) is 1.77. The van der Waals surface area contributed by atoms with Crippen LogP contribution in [0.3, 0.4) is 0 Å². The maximum absolute atomic E-state index is 12.9. The average molecular weight is 351 g/mol. The van der Waals surface area contributed by atoms with Gasteiger partial charge in [0.1, 0.15) is 5.82 Å². The molecule has 1 heterocycles. The van der Waals surface area contributed by atoms with E-state index in [0.717, 1.165) is 0 Å². The van der Waals surface area contributed by atoms with Gasteiger partial charge in [-0.05, 0) is 40.8 Å². The average Bonchev–Trinajstić information content (AvgIpc) is 2.58. The van der Waals surface area contributed by atoms with E-state index in [2.05, 4.69) is 0 Å². The van der Waals surface area contributed by atoms with Crippen LogP contribution >= 0.6 is 22.6 Å². The predicted octanol–water partition coefficient (Wildman–Crippen LogP) is 0.608. The van der Waals surface area contributed by atoms with Crippen molar-refractivity contribution >= 4 is 28.5 Å². The number of carbonyl (C=O) groups is 1. The standard InChI is InChI=1S/C11H11FINO3/c12-6-1-2-7(8(13)3-6)11(17)14-4-9(15)10(16)5-14/h1-3,9-10,15-16H,4-5H2/t9-,10+. The number of aliphatic hydroxyl groups is 2. The topological polar surface area (TPSA) is 60.8 Å². The third kappa shape index (κ3) is 2.58. The van der Waals surface area contributed by atoms with Crippen LogP contribution < -0.4 is 0 Å². The summed E-state index contributed by atoms with van der Waals surface area (Å²) in [5.74, 6) is -0.697. The number of hydrogen-bond donors (Lipinski definition) is 2. The van der Waals surface area contributed by atoms with E-state index in [1.807, 2.05) is 22.6 Å². The van der Waals surface area contributed by atoms with Crippen LogP contribution in [-0.2, 0) is 0 Å². The largest absolute Gasteiger partial charge is 0.388 e. The van der Waals surface area contributed by atoms with Crippen molar-refractivity contribution in [2.75, 3.05) is 13.1 Å². The second kappa shape index (κ2) is 4.87. The number of rotatable bonds is 1. The number of halogens is 2. The van der Waals surface area contributed by atoms with Crippen molar-refractivity contribution in [3.8, 4) is 0 Å². The Morgan fingerprint density at radius 2 is 1.94 bits per heavy atom. The normalized spacial score (nSPS) is 24.1. The molecule has 0 radical (unpaired) electrons. The lowest BCUT2D eigenvalue weighted by Gasteiger charge is -2.16. The molecule has 0 saturated carbocycles. The number of amides is 1. The molecule has 1 aliphatic heterocycles. The first-order valence-corrected chi connectivity index (χ1v) is 6.17. The van der Waals surface area contributed by atoms with Crippen molar-refractivity contribution in [1.82, 2.24) is 4.90 Å². The van der Waals surface area contributed by atoms with Crippen LogP contribution in [0.2, 0.25) is 0 Å². The number of likely N-dealkylation sites (tertiary alicyclic amines) is 1. The zero-order valence-corrected chi connectivity index (χ0v) is 11.0. The first kappa shape index (κ1) is 12.7. The maximum Gasteiger partial charge on any atom is 0.255 e. The Kier molecular flexibility index (Phi) is 3.64. The molecule has 6 heteroatoms. The van der Waals surface area contributed by atoms with E-state index in [-0.39, 0.29) is 19.0 Å². The Morgan fingerprint density at radius 1 is 1.35 bits per heavy atom.